The Morgan fingerprint density at radius 2 is 1.95 bits per heavy atom. The third-order valence-electron chi connectivity index (χ3n) is 3.20. The predicted octanol–water partition coefficient (Wildman–Crippen LogP) is 4.08. The zero-order chi connectivity index (χ0) is 14.4. The fraction of sp³-hybridized carbons (Fsp3) is 0.438. The van der Waals surface area contributed by atoms with Crippen molar-refractivity contribution in [3.63, 3.8) is 0 Å². The number of halogens is 1. The van der Waals surface area contributed by atoms with Gasteiger partial charge in [0.25, 0.3) is 0 Å². The Labute approximate surface area is 114 Å². The van der Waals surface area contributed by atoms with Crippen LogP contribution in [0.25, 0.3) is 0 Å². The van der Waals surface area contributed by atoms with Gasteiger partial charge in [-0.1, -0.05) is 25.5 Å². The van der Waals surface area contributed by atoms with Gasteiger partial charge in [0, 0.05) is 18.9 Å². The van der Waals surface area contributed by atoms with Gasteiger partial charge in [0.05, 0.1) is 7.11 Å². The Kier molecular flexibility index (Phi) is 5.74. The van der Waals surface area contributed by atoms with Crippen molar-refractivity contribution in [3.05, 3.63) is 40.7 Å². The van der Waals surface area contributed by atoms with Gasteiger partial charge in [0.1, 0.15) is 11.6 Å². The van der Waals surface area contributed by atoms with Crippen LogP contribution < -0.4 is 4.74 Å². The molecule has 0 radical (unpaired) electrons. The molecule has 3 heteroatoms. The van der Waals surface area contributed by atoms with Crippen LogP contribution in [0.2, 0.25) is 0 Å². The van der Waals surface area contributed by atoms with Gasteiger partial charge < -0.3 is 4.74 Å². The summed E-state index contributed by atoms with van der Waals surface area (Å²) in [5, 5.41) is 0. The first-order valence-corrected chi connectivity index (χ1v) is 6.66. The number of carbonyl (C=O) groups excluding carboxylic acids is 1. The smallest absolute Gasteiger partial charge is 0.159 e. The Bertz CT molecular complexity index is 490. The first kappa shape index (κ1) is 15.4. The molecule has 0 N–H and O–H groups in total. The molecule has 1 aliphatic carbocycles. The third kappa shape index (κ3) is 3.66. The van der Waals surface area contributed by atoms with E-state index >= 15 is 0 Å². The summed E-state index contributed by atoms with van der Waals surface area (Å²) in [5.41, 5.74) is 2.86. The monoisotopic (exact) mass is 264 g/mol. The maximum Gasteiger partial charge on any atom is 0.159 e. The summed E-state index contributed by atoms with van der Waals surface area (Å²) in [6, 6.07) is 4.43. The molecule has 104 valence electrons. The number of ketones is 1. The maximum absolute atomic E-state index is 13.0. The van der Waals surface area contributed by atoms with Gasteiger partial charge in [-0.15, -0.1) is 0 Å². The minimum atomic E-state index is -0.325. The topological polar surface area (TPSA) is 26.3 Å². The highest BCUT2D eigenvalue weighted by Gasteiger charge is 2.21. The number of hydrogen-bond acceptors (Lipinski definition) is 2. The summed E-state index contributed by atoms with van der Waals surface area (Å²) in [4.78, 5) is 11.7. The van der Waals surface area contributed by atoms with Gasteiger partial charge in [-0.25, -0.2) is 4.39 Å². The molecular weight excluding hydrogens is 243 g/mol. The number of carbonyl (C=O) groups is 1. The van der Waals surface area contributed by atoms with E-state index in [1.54, 1.807) is 6.07 Å². The molecular formula is C16H21FO2. The molecule has 0 spiro atoms. The molecule has 2 rings (SSSR count). The zero-order valence-corrected chi connectivity index (χ0v) is 12.0. The molecule has 0 fully saturated rings. The number of benzene rings is 1. The molecule has 2 nitrogen and oxygen atoms in total. The van der Waals surface area contributed by atoms with Gasteiger partial charge >= 0.3 is 0 Å². The molecule has 19 heavy (non-hydrogen) atoms. The maximum atomic E-state index is 13.0. The molecule has 1 aromatic rings. The first-order chi connectivity index (χ1) is 9.11. The van der Waals surface area contributed by atoms with Gasteiger partial charge in [-0.2, -0.15) is 0 Å². The standard InChI is InChI=1S/C14H15FO2.C2H6/c1-9-3-6-13(16)12(9)7-10-4-5-11(15)8-14(10)17-2;1-2/h4-5,8H,3,6-7H2,1-2H3;1-2H3. The van der Waals surface area contributed by atoms with Gasteiger partial charge in [-0.05, 0) is 30.5 Å². The lowest BCUT2D eigenvalue weighted by Gasteiger charge is -2.09. The molecule has 0 aliphatic heterocycles. The largest absolute Gasteiger partial charge is 0.496 e. The van der Waals surface area contributed by atoms with Crippen molar-refractivity contribution in [1.82, 2.24) is 0 Å². The van der Waals surface area contributed by atoms with Crippen molar-refractivity contribution < 1.29 is 13.9 Å². The average Bonchev–Trinajstić information content (AvgIpc) is 2.74. The molecule has 0 amide bonds. The second kappa shape index (κ2) is 7.07. The molecule has 0 aromatic heterocycles. The second-order valence-electron chi connectivity index (χ2n) is 4.32. The Morgan fingerprint density at radius 1 is 1.26 bits per heavy atom. The van der Waals surface area contributed by atoms with Crippen LogP contribution in [0.1, 0.15) is 39.2 Å². The molecule has 1 aromatic carbocycles. The van der Waals surface area contributed by atoms with E-state index in [0.717, 1.165) is 23.1 Å². The van der Waals surface area contributed by atoms with E-state index in [4.69, 9.17) is 4.74 Å². The van der Waals surface area contributed by atoms with E-state index in [0.29, 0.717) is 18.6 Å². The zero-order valence-electron chi connectivity index (χ0n) is 12.0. The SMILES string of the molecule is CC.COc1cc(F)ccc1CC1=C(C)CCC1=O. The number of hydrogen-bond donors (Lipinski definition) is 0. The van der Waals surface area contributed by atoms with Crippen LogP contribution in [0.15, 0.2) is 29.3 Å². The summed E-state index contributed by atoms with van der Waals surface area (Å²) in [6.45, 7) is 5.98. The highest BCUT2D eigenvalue weighted by molar-refractivity contribution is 5.99. The average molecular weight is 264 g/mol. The van der Waals surface area contributed by atoms with Crippen LogP contribution >= 0.6 is 0 Å². The Morgan fingerprint density at radius 3 is 2.47 bits per heavy atom. The van der Waals surface area contributed by atoms with E-state index in [9.17, 15) is 9.18 Å². The lowest BCUT2D eigenvalue weighted by molar-refractivity contribution is -0.115. The highest BCUT2D eigenvalue weighted by atomic mass is 19.1. The van der Waals surface area contributed by atoms with Crippen LogP contribution in [-0.4, -0.2) is 12.9 Å². The summed E-state index contributed by atoms with van der Waals surface area (Å²) < 4.78 is 18.2. The van der Waals surface area contributed by atoms with E-state index in [2.05, 4.69) is 0 Å². The van der Waals surface area contributed by atoms with Crippen LogP contribution in [0.5, 0.6) is 5.75 Å². The molecule has 1 aliphatic rings. The molecule has 0 unspecified atom stereocenters. The van der Waals surface area contributed by atoms with Gasteiger partial charge in [0.2, 0.25) is 0 Å². The fourth-order valence-corrected chi connectivity index (χ4v) is 2.15. The number of Topliss-reactive ketones (excluding diaryl/α,β-unsaturated/α-hetero) is 1. The van der Waals surface area contributed by atoms with Gasteiger partial charge in [-0.3, -0.25) is 4.79 Å². The summed E-state index contributed by atoms with van der Waals surface area (Å²) in [6.07, 6.45) is 1.98. The minimum Gasteiger partial charge on any atom is -0.496 e. The lowest BCUT2D eigenvalue weighted by atomic mass is 10.0. The van der Waals surface area contributed by atoms with Crippen molar-refractivity contribution in [2.45, 2.75) is 40.0 Å². The van der Waals surface area contributed by atoms with E-state index in [1.165, 1.54) is 19.2 Å². The van der Waals surface area contributed by atoms with E-state index in [-0.39, 0.29) is 11.6 Å². The van der Waals surface area contributed by atoms with E-state index < -0.39 is 0 Å². The van der Waals surface area contributed by atoms with Crippen molar-refractivity contribution in [2.75, 3.05) is 7.11 Å². The lowest BCUT2D eigenvalue weighted by Crippen LogP contribution is -2.02. The number of rotatable bonds is 3. The number of methoxy groups -OCH3 is 1. The number of allylic oxidation sites excluding steroid dienone is 2. The van der Waals surface area contributed by atoms with Crippen LogP contribution in [0, 0.1) is 5.82 Å². The predicted molar refractivity (Wildman–Crippen MR) is 74.9 cm³/mol. The van der Waals surface area contributed by atoms with Crippen molar-refractivity contribution in [1.29, 1.82) is 0 Å². The summed E-state index contributed by atoms with van der Waals surface area (Å²) in [7, 11) is 1.51. The molecule has 0 saturated heterocycles. The van der Waals surface area contributed by atoms with Crippen LogP contribution in [0.4, 0.5) is 4.39 Å². The highest BCUT2D eigenvalue weighted by Crippen LogP contribution is 2.29. The molecule has 0 saturated carbocycles. The minimum absolute atomic E-state index is 0.203. The van der Waals surface area contributed by atoms with Crippen molar-refractivity contribution in [2.24, 2.45) is 0 Å². The molecule has 0 heterocycles. The summed E-state index contributed by atoms with van der Waals surface area (Å²) in [5.74, 6) is 0.382. The Balaban J connectivity index is 0.000000861. The first-order valence-electron chi connectivity index (χ1n) is 6.66. The van der Waals surface area contributed by atoms with Crippen molar-refractivity contribution in [3.8, 4) is 5.75 Å². The third-order valence-corrected chi connectivity index (χ3v) is 3.20. The van der Waals surface area contributed by atoms with Gasteiger partial charge in [0.15, 0.2) is 5.78 Å². The van der Waals surface area contributed by atoms with E-state index in [1.807, 2.05) is 20.8 Å². The quantitative estimate of drug-likeness (QED) is 0.822. The van der Waals surface area contributed by atoms with Crippen LogP contribution in [-0.2, 0) is 11.2 Å². The normalized spacial score (nSPS) is 14.3. The number of ether oxygens (including phenoxy) is 1. The van der Waals surface area contributed by atoms with Crippen molar-refractivity contribution >= 4 is 5.78 Å². The van der Waals surface area contributed by atoms with Crippen LogP contribution in [0.3, 0.4) is 0 Å². The fourth-order valence-electron chi connectivity index (χ4n) is 2.15. The summed E-state index contributed by atoms with van der Waals surface area (Å²) >= 11 is 0. The molecule has 0 atom stereocenters. The molecule has 0 bridgehead atoms. The Hall–Kier alpha value is -1.64. The second-order valence-corrected chi connectivity index (χ2v) is 4.32.